The fourth-order valence-corrected chi connectivity index (χ4v) is 1.92. The largest absolute Gasteiger partial charge is 0.480 e. The predicted molar refractivity (Wildman–Crippen MR) is 86.3 cm³/mol. The first-order chi connectivity index (χ1) is 10.7. The van der Waals surface area contributed by atoms with Crippen LogP contribution in [0, 0.1) is 5.92 Å². The van der Waals surface area contributed by atoms with Gasteiger partial charge >= 0.3 is 5.97 Å². The summed E-state index contributed by atoms with van der Waals surface area (Å²) in [7, 11) is 0. The molecule has 134 valence electrons. The van der Waals surface area contributed by atoms with E-state index in [4.69, 9.17) is 22.3 Å². The van der Waals surface area contributed by atoms with Crippen LogP contribution in [0.4, 0.5) is 0 Å². The van der Waals surface area contributed by atoms with Gasteiger partial charge in [-0.1, -0.05) is 20.3 Å². The lowest BCUT2D eigenvalue weighted by Crippen LogP contribution is -2.57. The maximum absolute atomic E-state index is 12.2. The first-order valence-electron chi connectivity index (χ1n) is 7.73. The summed E-state index contributed by atoms with van der Waals surface area (Å²) in [6.07, 6.45) is 1.96. The van der Waals surface area contributed by atoms with Gasteiger partial charge in [0.25, 0.3) is 0 Å². The van der Waals surface area contributed by atoms with Crippen LogP contribution in [0.25, 0.3) is 0 Å². The third-order valence-electron chi connectivity index (χ3n) is 3.40. The molecule has 0 saturated carbocycles. The molecule has 0 aromatic rings. The monoisotopic (exact) mass is 331 g/mol. The summed E-state index contributed by atoms with van der Waals surface area (Å²) >= 11 is 0. The van der Waals surface area contributed by atoms with Crippen LogP contribution in [-0.2, 0) is 14.4 Å². The molecule has 9 N–H and O–H groups in total. The third-order valence-corrected chi connectivity index (χ3v) is 3.40. The molecular formula is C14H29N5O4. The van der Waals surface area contributed by atoms with E-state index in [0.29, 0.717) is 13.0 Å². The van der Waals surface area contributed by atoms with E-state index in [1.54, 1.807) is 13.8 Å². The van der Waals surface area contributed by atoms with Crippen LogP contribution in [0.15, 0.2) is 0 Å². The van der Waals surface area contributed by atoms with Crippen molar-refractivity contribution in [2.24, 2.45) is 23.1 Å². The van der Waals surface area contributed by atoms with Crippen molar-refractivity contribution in [2.45, 2.75) is 51.2 Å². The Labute approximate surface area is 136 Å². The van der Waals surface area contributed by atoms with Gasteiger partial charge in [-0.25, -0.2) is 4.79 Å². The van der Waals surface area contributed by atoms with Gasteiger partial charge in [0.05, 0.1) is 6.04 Å². The van der Waals surface area contributed by atoms with E-state index in [1.807, 2.05) is 0 Å². The number of carbonyl (C=O) groups is 3. The quantitative estimate of drug-likeness (QED) is 0.240. The highest BCUT2D eigenvalue weighted by atomic mass is 16.4. The Balaban J connectivity index is 4.69. The zero-order valence-electron chi connectivity index (χ0n) is 13.7. The highest BCUT2D eigenvalue weighted by Gasteiger charge is 2.29. The van der Waals surface area contributed by atoms with Crippen LogP contribution in [0.1, 0.15) is 33.1 Å². The molecular weight excluding hydrogens is 302 g/mol. The first kappa shape index (κ1) is 21.3. The van der Waals surface area contributed by atoms with E-state index in [-0.39, 0.29) is 12.5 Å². The molecule has 0 unspecified atom stereocenters. The molecule has 0 aliphatic heterocycles. The van der Waals surface area contributed by atoms with Crippen LogP contribution < -0.4 is 27.8 Å². The van der Waals surface area contributed by atoms with Gasteiger partial charge in [-0.2, -0.15) is 0 Å². The molecule has 0 aliphatic rings. The van der Waals surface area contributed by atoms with E-state index in [9.17, 15) is 14.4 Å². The summed E-state index contributed by atoms with van der Waals surface area (Å²) in [5, 5.41) is 13.8. The second-order valence-electron chi connectivity index (χ2n) is 5.76. The van der Waals surface area contributed by atoms with Crippen LogP contribution >= 0.6 is 0 Å². The van der Waals surface area contributed by atoms with Crippen molar-refractivity contribution in [1.29, 1.82) is 0 Å². The molecule has 0 spiro atoms. The molecule has 9 heteroatoms. The topological polar surface area (TPSA) is 174 Å². The number of nitrogens with two attached hydrogens (primary N) is 3. The fourth-order valence-electron chi connectivity index (χ4n) is 1.92. The summed E-state index contributed by atoms with van der Waals surface area (Å²) < 4.78 is 0. The Morgan fingerprint density at radius 1 is 1.04 bits per heavy atom. The molecule has 9 nitrogen and oxygen atoms in total. The summed E-state index contributed by atoms with van der Waals surface area (Å²) in [6.45, 7) is 3.77. The Kier molecular flexibility index (Phi) is 10.1. The minimum atomic E-state index is -1.23. The highest BCUT2D eigenvalue weighted by Crippen LogP contribution is 2.05. The van der Waals surface area contributed by atoms with E-state index in [0.717, 1.165) is 12.8 Å². The number of unbranched alkanes of at least 4 members (excludes halogenated alkanes) is 1. The fraction of sp³-hybridized carbons (Fsp3) is 0.786. The number of amides is 2. The molecule has 2 amide bonds. The molecule has 0 bridgehead atoms. The Bertz CT molecular complexity index is 403. The number of rotatable bonds is 11. The predicted octanol–water partition coefficient (Wildman–Crippen LogP) is -1.89. The van der Waals surface area contributed by atoms with E-state index in [2.05, 4.69) is 10.6 Å². The Morgan fingerprint density at radius 2 is 1.65 bits per heavy atom. The maximum atomic E-state index is 12.2. The Hall–Kier alpha value is -1.71. The van der Waals surface area contributed by atoms with Gasteiger partial charge in [-0.3, -0.25) is 9.59 Å². The average Bonchev–Trinajstić information content (AvgIpc) is 2.48. The normalized spacial score (nSPS) is 14.9. The van der Waals surface area contributed by atoms with Crippen LogP contribution in [0.2, 0.25) is 0 Å². The number of nitrogens with one attached hydrogen (secondary N) is 2. The first-order valence-corrected chi connectivity index (χ1v) is 7.73. The molecule has 0 aliphatic carbocycles. The third kappa shape index (κ3) is 7.91. The zero-order chi connectivity index (χ0) is 18.0. The summed E-state index contributed by atoms with van der Waals surface area (Å²) in [6, 6.07) is -2.81. The number of hydrogen-bond donors (Lipinski definition) is 6. The molecule has 0 radical (unpaired) electrons. The van der Waals surface area contributed by atoms with Gasteiger partial charge < -0.3 is 32.9 Å². The summed E-state index contributed by atoms with van der Waals surface area (Å²) in [4.78, 5) is 35.2. The maximum Gasteiger partial charge on any atom is 0.327 e. The van der Waals surface area contributed by atoms with E-state index in [1.165, 1.54) is 0 Å². The van der Waals surface area contributed by atoms with Crippen LogP contribution in [0.5, 0.6) is 0 Å². The molecule has 0 aromatic heterocycles. The van der Waals surface area contributed by atoms with Gasteiger partial charge in [0.2, 0.25) is 11.8 Å². The van der Waals surface area contributed by atoms with Crippen molar-refractivity contribution in [3.63, 3.8) is 0 Å². The number of hydrogen-bond acceptors (Lipinski definition) is 6. The molecule has 3 atom stereocenters. The second kappa shape index (κ2) is 10.9. The molecule has 0 aromatic carbocycles. The lowest BCUT2D eigenvalue weighted by Gasteiger charge is -2.25. The van der Waals surface area contributed by atoms with Crippen molar-refractivity contribution in [3.05, 3.63) is 0 Å². The smallest absolute Gasteiger partial charge is 0.327 e. The van der Waals surface area contributed by atoms with Crippen molar-refractivity contribution >= 4 is 17.8 Å². The zero-order valence-corrected chi connectivity index (χ0v) is 13.7. The molecule has 0 rings (SSSR count). The SMILES string of the molecule is CC(C)[C@H](NC(=O)[C@@H](N)CCCCN)C(=O)N[C@@H](CN)C(=O)O. The van der Waals surface area contributed by atoms with Gasteiger partial charge in [0.15, 0.2) is 0 Å². The molecule has 0 saturated heterocycles. The molecule has 0 heterocycles. The Morgan fingerprint density at radius 3 is 2.09 bits per heavy atom. The number of carboxylic acids is 1. The average molecular weight is 331 g/mol. The van der Waals surface area contributed by atoms with Crippen molar-refractivity contribution < 1.29 is 19.5 Å². The van der Waals surface area contributed by atoms with Gasteiger partial charge in [0.1, 0.15) is 12.1 Å². The highest BCUT2D eigenvalue weighted by molar-refractivity contribution is 5.91. The minimum Gasteiger partial charge on any atom is -0.480 e. The van der Waals surface area contributed by atoms with Crippen LogP contribution in [0.3, 0.4) is 0 Å². The summed E-state index contributed by atoms with van der Waals surface area (Å²) in [5.41, 5.74) is 16.5. The second-order valence-corrected chi connectivity index (χ2v) is 5.76. The van der Waals surface area contributed by atoms with Gasteiger partial charge in [-0.15, -0.1) is 0 Å². The molecule has 0 fully saturated rings. The van der Waals surface area contributed by atoms with Gasteiger partial charge in [0, 0.05) is 6.54 Å². The van der Waals surface area contributed by atoms with Crippen molar-refractivity contribution in [1.82, 2.24) is 10.6 Å². The van der Waals surface area contributed by atoms with Crippen molar-refractivity contribution in [3.8, 4) is 0 Å². The standard InChI is InChI=1S/C14H29N5O4/c1-8(2)11(13(21)18-10(7-16)14(22)23)19-12(20)9(17)5-3-4-6-15/h8-11H,3-7,15-17H2,1-2H3,(H,18,21)(H,19,20)(H,22,23)/t9-,10-,11-/m0/s1. The summed E-state index contributed by atoms with van der Waals surface area (Å²) in [5.74, 6) is -2.51. The molecule has 23 heavy (non-hydrogen) atoms. The number of carboxylic acid groups (broad SMARTS) is 1. The number of carbonyl (C=O) groups excluding carboxylic acids is 2. The van der Waals surface area contributed by atoms with Gasteiger partial charge in [-0.05, 0) is 25.3 Å². The lowest BCUT2D eigenvalue weighted by molar-refractivity contribution is -0.142. The minimum absolute atomic E-state index is 0.234. The van der Waals surface area contributed by atoms with E-state index < -0.39 is 35.9 Å². The lowest BCUT2D eigenvalue weighted by atomic mass is 10.0. The van der Waals surface area contributed by atoms with E-state index >= 15 is 0 Å². The van der Waals surface area contributed by atoms with Crippen LogP contribution in [-0.4, -0.2) is 54.1 Å². The van der Waals surface area contributed by atoms with Crippen molar-refractivity contribution in [2.75, 3.05) is 13.1 Å². The number of aliphatic carboxylic acids is 1.